The van der Waals surface area contributed by atoms with Gasteiger partial charge in [-0.05, 0) is 31.5 Å². The number of ether oxygens (including phenoxy) is 1. The Morgan fingerprint density at radius 2 is 2.20 bits per heavy atom. The van der Waals surface area contributed by atoms with Crippen LogP contribution >= 0.6 is 23.2 Å². The lowest BCUT2D eigenvalue weighted by Crippen LogP contribution is -2.55. The van der Waals surface area contributed by atoms with Crippen LogP contribution < -0.4 is 10.6 Å². The van der Waals surface area contributed by atoms with Gasteiger partial charge < -0.3 is 15.4 Å². The van der Waals surface area contributed by atoms with Crippen LogP contribution in [-0.2, 0) is 9.53 Å². The Kier molecular flexibility index (Phi) is 5.27. The molecule has 4 nitrogen and oxygen atoms in total. The summed E-state index contributed by atoms with van der Waals surface area (Å²) in [6.45, 7) is 5.11. The Bertz CT molecular complexity index is 496. The minimum Gasteiger partial charge on any atom is -0.375 e. The van der Waals surface area contributed by atoms with Gasteiger partial charge in [0.25, 0.3) is 0 Å². The van der Waals surface area contributed by atoms with E-state index >= 15 is 0 Å². The minimum atomic E-state index is -0.325. The van der Waals surface area contributed by atoms with Gasteiger partial charge in [-0.3, -0.25) is 4.79 Å². The van der Waals surface area contributed by atoms with E-state index < -0.39 is 0 Å². The first-order chi connectivity index (χ1) is 9.49. The average molecular weight is 317 g/mol. The molecule has 0 radical (unpaired) electrons. The molecule has 1 heterocycles. The fourth-order valence-corrected chi connectivity index (χ4v) is 2.50. The summed E-state index contributed by atoms with van der Waals surface area (Å²) in [6.07, 6.45) is -0.134. The third-order valence-corrected chi connectivity index (χ3v) is 4.14. The molecule has 2 rings (SSSR count). The fourth-order valence-electron chi connectivity index (χ4n) is 2.20. The molecule has 1 unspecified atom stereocenters. The van der Waals surface area contributed by atoms with Crippen molar-refractivity contribution >= 4 is 29.1 Å². The van der Waals surface area contributed by atoms with Crippen LogP contribution in [-0.4, -0.2) is 31.2 Å². The van der Waals surface area contributed by atoms with Crippen molar-refractivity contribution in [1.29, 1.82) is 0 Å². The zero-order chi connectivity index (χ0) is 14.7. The van der Waals surface area contributed by atoms with Gasteiger partial charge in [0.1, 0.15) is 6.04 Å². The normalized spacial score (nSPS) is 24.2. The molecule has 2 N–H and O–H groups in total. The second-order valence-electron chi connectivity index (χ2n) is 4.91. The van der Waals surface area contributed by atoms with E-state index in [1.54, 1.807) is 12.1 Å². The van der Waals surface area contributed by atoms with Gasteiger partial charge in [-0.15, -0.1) is 0 Å². The van der Waals surface area contributed by atoms with Crippen LogP contribution in [0.1, 0.15) is 25.5 Å². The van der Waals surface area contributed by atoms with Gasteiger partial charge in [0.15, 0.2) is 0 Å². The van der Waals surface area contributed by atoms with Crippen molar-refractivity contribution in [2.24, 2.45) is 0 Å². The molecule has 1 aliphatic heterocycles. The lowest BCUT2D eigenvalue weighted by Gasteiger charge is -2.30. The number of carbonyl (C=O) groups excluding carboxylic acids is 1. The Morgan fingerprint density at radius 3 is 2.85 bits per heavy atom. The molecule has 1 aromatic carbocycles. The van der Waals surface area contributed by atoms with Crippen LogP contribution in [0.3, 0.4) is 0 Å². The molecule has 0 saturated carbocycles. The minimum absolute atomic E-state index is 0.0734. The molecule has 1 aliphatic rings. The monoisotopic (exact) mass is 316 g/mol. The number of benzene rings is 1. The summed E-state index contributed by atoms with van der Waals surface area (Å²) < 4.78 is 5.47. The molecule has 0 bridgehead atoms. The summed E-state index contributed by atoms with van der Waals surface area (Å²) in [5, 5.41) is 7.11. The highest BCUT2D eigenvalue weighted by Crippen LogP contribution is 2.25. The number of hydrogen-bond donors (Lipinski definition) is 2. The van der Waals surface area contributed by atoms with Gasteiger partial charge in [0.2, 0.25) is 5.91 Å². The predicted octanol–water partition coefficient (Wildman–Crippen LogP) is 2.55. The summed E-state index contributed by atoms with van der Waals surface area (Å²) in [4.78, 5) is 12.2. The maximum absolute atomic E-state index is 12.2. The van der Waals surface area contributed by atoms with E-state index in [1.165, 1.54) is 0 Å². The molecule has 3 atom stereocenters. The topological polar surface area (TPSA) is 50.4 Å². The predicted molar refractivity (Wildman–Crippen MR) is 80.2 cm³/mol. The second kappa shape index (κ2) is 6.76. The van der Waals surface area contributed by atoms with Gasteiger partial charge in [-0.25, -0.2) is 0 Å². The molecule has 0 spiro atoms. The van der Waals surface area contributed by atoms with Crippen LogP contribution in [0.25, 0.3) is 0 Å². The number of halogens is 2. The van der Waals surface area contributed by atoms with Gasteiger partial charge >= 0.3 is 0 Å². The first-order valence-corrected chi connectivity index (χ1v) is 7.35. The quantitative estimate of drug-likeness (QED) is 0.901. The number of amides is 1. The highest BCUT2D eigenvalue weighted by molar-refractivity contribution is 6.42. The molecule has 6 heteroatoms. The molecule has 110 valence electrons. The summed E-state index contributed by atoms with van der Waals surface area (Å²) >= 11 is 11.9. The Balaban J connectivity index is 2.01. The number of hydrogen-bond acceptors (Lipinski definition) is 3. The van der Waals surface area contributed by atoms with Crippen molar-refractivity contribution in [3.8, 4) is 0 Å². The van der Waals surface area contributed by atoms with Gasteiger partial charge in [-0.2, -0.15) is 0 Å². The first-order valence-electron chi connectivity index (χ1n) is 6.59. The molecule has 1 fully saturated rings. The van der Waals surface area contributed by atoms with E-state index in [9.17, 15) is 4.79 Å². The van der Waals surface area contributed by atoms with E-state index in [0.29, 0.717) is 23.2 Å². The molecule has 1 saturated heterocycles. The Hall–Kier alpha value is -0.810. The lowest BCUT2D eigenvalue weighted by atomic mass is 10.1. The molecular formula is C14H18Cl2N2O2. The van der Waals surface area contributed by atoms with Gasteiger partial charge in [0, 0.05) is 6.54 Å². The smallest absolute Gasteiger partial charge is 0.240 e. The highest BCUT2D eigenvalue weighted by Gasteiger charge is 2.29. The Labute approximate surface area is 128 Å². The number of morpholine rings is 1. The van der Waals surface area contributed by atoms with E-state index in [0.717, 1.165) is 5.56 Å². The van der Waals surface area contributed by atoms with Crippen LogP contribution in [0.2, 0.25) is 10.0 Å². The fraction of sp³-hybridized carbons (Fsp3) is 0.500. The van der Waals surface area contributed by atoms with E-state index in [4.69, 9.17) is 27.9 Å². The van der Waals surface area contributed by atoms with Crippen molar-refractivity contribution in [1.82, 2.24) is 10.6 Å². The SMILES string of the molecule is CC(NC(=O)[C@H]1NCCO[C@@H]1C)c1ccc(Cl)c(Cl)c1. The standard InChI is InChI=1S/C14H18Cl2N2O2/c1-8(10-3-4-11(15)12(16)7-10)18-14(19)13-9(2)20-6-5-17-13/h3-4,7-9,13,17H,5-6H2,1-2H3,(H,18,19)/t8?,9-,13+/m1/s1. The highest BCUT2D eigenvalue weighted by atomic mass is 35.5. The van der Waals surface area contributed by atoms with Gasteiger partial charge in [0.05, 0.1) is 28.8 Å². The summed E-state index contributed by atoms with van der Waals surface area (Å²) in [5.41, 5.74) is 0.914. The second-order valence-corrected chi connectivity index (χ2v) is 5.73. The van der Waals surface area contributed by atoms with Crippen LogP contribution in [0.15, 0.2) is 18.2 Å². The molecule has 0 aliphatic carbocycles. The van der Waals surface area contributed by atoms with Crippen molar-refractivity contribution in [2.75, 3.05) is 13.2 Å². The van der Waals surface area contributed by atoms with Crippen LogP contribution in [0.5, 0.6) is 0 Å². The maximum Gasteiger partial charge on any atom is 0.240 e. The molecule has 1 aromatic rings. The number of carbonyl (C=O) groups is 1. The van der Waals surface area contributed by atoms with E-state index in [2.05, 4.69) is 10.6 Å². The zero-order valence-corrected chi connectivity index (χ0v) is 13.0. The molecular weight excluding hydrogens is 299 g/mol. The van der Waals surface area contributed by atoms with Crippen molar-refractivity contribution < 1.29 is 9.53 Å². The van der Waals surface area contributed by atoms with Crippen molar-refractivity contribution in [3.63, 3.8) is 0 Å². The average Bonchev–Trinajstić information content (AvgIpc) is 2.42. The third-order valence-electron chi connectivity index (χ3n) is 3.40. The summed E-state index contributed by atoms with van der Waals surface area (Å²) in [7, 11) is 0. The largest absolute Gasteiger partial charge is 0.375 e. The lowest BCUT2D eigenvalue weighted by molar-refractivity contribution is -0.129. The molecule has 1 amide bonds. The number of rotatable bonds is 3. The maximum atomic E-state index is 12.2. The summed E-state index contributed by atoms with van der Waals surface area (Å²) in [6, 6.07) is 4.88. The van der Waals surface area contributed by atoms with E-state index in [1.807, 2.05) is 19.9 Å². The first kappa shape index (κ1) is 15.6. The van der Waals surface area contributed by atoms with E-state index in [-0.39, 0.29) is 24.1 Å². The van der Waals surface area contributed by atoms with Gasteiger partial charge in [-0.1, -0.05) is 29.3 Å². The van der Waals surface area contributed by atoms with Crippen LogP contribution in [0.4, 0.5) is 0 Å². The van der Waals surface area contributed by atoms with Crippen LogP contribution in [0, 0.1) is 0 Å². The zero-order valence-electron chi connectivity index (χ0n) is 11.5. The molecule has 0 aromatic heterocycles. The van der Waals surface area contributed by atoms with Crippen molar-refractivity contribution in [3.05, 3.63) is 33.8 Å². The Morgan fingerprint density at radius 1 is 1.45 bits per heavy atom. The summed E-state index contributed by atoms with van der Waals surface area (Å²) in [5.74, 6) is -0.0734. The molecule has 20 heavy (non-hydrogen) atoms. The number of nitrogens with one attached hydrogen (secondary N) is 2. The van der Waals surface area contributed by atoms with Crippen molar-refractivity contribution in [2.45, 2.75) is 32.0 Å². The third kappa shape index (κ3) is 3.64.